The molecule has 1 aliphatic rings. The van der Waals surface area contributed by atoms with E-state index < -0.39 is 0 Å². The van der Waals surface area contributed by atoms with Crippen LogP contribution in [0.25, 0.3) is 11.4 Å². The molecule has 7 heteroatoms. The van der Waals surface area contributed by atoms with Gasteiger partial charge >= 0.3 is 0 Å². The van der Waals surface area contributed by atoms with Gasteiger partial charge in [0.15, 0.2) is 5.82 Å². The number of nitrogen functional groups attached to an aromatic ring is 1. The molecule has 106 valence electrons. The maximum atomic E-state index is 6.00. The van der Waals surface area contributed by atoms with Gasteiger partial charge in [-0.2, -0.15) is 0 Å². The Bertz CT molecular complexity index is 594. The Balaban J connectivity index is 1.85. The summed E-state index contributed by atoms with van der Waals surface area (Å²) in [6.07, 6.45) is 2.22. The molecule has 1 unspecified atom stereocenters. The summed E-state index contributed by atoms with van der Waals surface area (Å²) in [6, 6.07) is 5.34. The fraction of sp³-hybridized carbons (Fsp3) is 0.462. The number of hydrogen-bond donors (Lipinski definition) is 1. The molecule has 1 aromatic heterocycles. The van der Waals surface area contributed by atoms with Crippen LogP contribution in [-0.4, -0.2) is 33.4 Å². The number of nitrogens with zero attached hydrogens (tertiary/aromatic N) is 4. The van der Waals surface area contributed by atoms with Crippen LogP contribution in [0.1, 0.15) is 12.8 Å². The van der Waals surface area contributed by atoms with Crippen molar-refractivity contribution in [1.82, 2.24) is 20.2 Å². The van der Waals surface area contributed by atoms with Crippen molar-refractivity contribution in [2.45, 2.75) is 19.4 Å². The summed E-state index contributed by atoms with van der Waals surface area (Å²) in [6.45, 7) is 2.35. The number of benzene rings is 1. The molecule has 1 aliphatic heterocycles. The Kier molecular flexibility index (Phi) is 3.84. The van der Waals surface area contributed by atoms with E-state index in [4.69, 9.17) is 22.1 Å². The van der Waals surface area contributed by atoms with Gasteiger partial charge in [0, 0.05) is 28.8 Å². The summed E-state index contributed by atoms with van der Waals surface area (Å²) >= 11 is 5.92. The molecule has 2 heterocycles. The van der Waals surface area contributed by atoms with Gasteiger partial charge in [-0.3, -0.25) is 0 Å². The third-order valence-corrected chi connectivity index (χ3v) is 3.71. The fourth-order valence-electron chi connectivity index (χ4n) is 2.45. The second-order valence-electron chi connectivity index (χ2n) is 5.00. The lowest BCUT2D eigenvalue weighted by Crippen LogP contribution is -2.23. The van der Waals surface area contributed by atoms with Crippen LogP contribution < -0.4 is 5.73 Å². The predicted octanol–water partition coefficient (Wildman–Crippen LogP) is 2.00. The number of hydrogen-bond acceptors (Lipinski definition) is 5. The van der Waals surface area contributed by atoms with E-state index in [1.165, 1.54) is 0 Å². The first-order valence-corrected chi connectivity index (χ1v) is 7.01. The molecule has 0 amide bonds. The van der Waals surface area contributed by atoms with Gasteiger partial charge in [-0.25, -0.2) is 4.68 Å². The standard InChI is InChI=1S/C13H16ClN5O/c14-10-3-4-11(12(15)6-10)13-16-17-18-19(13)7-9-2-1-5-20-8-9/h3-4,6,9H,1-2,5,7-8,15H2. The van der Waals surface area contributed by atoms with Crippen molar-refractivity contribution in [2.75, 3.05) is 18.9 Å². The number of nitrogens with two attached hydrogens (primary N) is 1. The van der Waals surface area contributed by atoms with E-state index in [0.29, 0.717) is 22.5 Å². The second-order valence-corrected chi connectivity index (χ2v) is 5.44. The Morgan fingerprint density at radius 3 is 3.10 bits per heavy atom. The van der Waals surface area contributed by atoms with Crippen LogP contribution in [0.3, 0.4) is 0 Å². The Morgan fingerprint density at radius 1 is 1.45 bits per heavy atom. The minimum Gasteiger partial charge on any atom is -0.398 e. The van der Waals surface area contributed by atoms with Gasteiger partial charge in [-0.1, -0.05) is 11.6 Å². The molecule has 3 rings (SSSR count). The second kappa shape index (κ2) is 5.76. The first-order chi connectivity index (χ1) is 9.74. The zero-order chi connectivity index (χ0) is 13.9. The van der Waals surface area contributed by atoms with Crippen LogP contribution in [0.5, 0.6) is 0 Å². The van der Waals surface area contributed by atoms with Crippen molar-refractivity contribution in [2.24, 2.45) is 5.92 Å². The topological polar surface area (TPSA) is 78.9 Å². The Morgan fingerprint density at radius 2 is 2.35 bits per heavy atom. The number of halogens is 1. The number of tetrazole rings is 1. The summed E-state index contributed by atoms with van der Waals surface area (Å²) in [5, 5.41) is 12.5. The number of rotatable bonds is 3. The lowest BCUT2D eigenvalue weighted by atomic mass is 10.0. The van der Waals surface area contributed by atoms with Gasteiger partial charge in [-0.05, 0) is 41.5 Å². The van der Waals surface area contributed by atoms with E-state index in [1.54, 1.807) is 16.8 Å². The monoisotopic (exact) mass is 293 g/mol. The van der Waals surface area contributed by atoms with Crippen LogP contribution in [-0.2, 0) is 11.3 Å². The van der Waals surface area contributed by atoms with Gasteiger partial charge in [0.2, 0.25) is 0 Å². The van der Waals surface area contributed by atoms with Crippen molar-refractivity contribution < 1.29 is 4.74 Å². The maximum Gasteiger partial charge on any atom is 0.184 e. The molecule has 20 heavy (non-hydrogen) atoms. The Labute approximate surface area is 121 Å². The smallest absolute Gasteiger partial charge is 0.184 e. The van der Waals surface area contributed by atoms with Crippen molar-refractivity contribution in [1.29, 1.82) is 0 Å². The first-order valence-electron chi connectivity index (χ1n) is 6.63. The minimum atomic E-state index is 0.444. The number of aromatic nitrogens is 4. The highest BCUT2D eigenvalue weighted by Gasteiger charge is 2.19. The zero-order valence-corrected chi connectivity index (χ0v) is 11.8. The number of anilines is 1. The average Bonchev–Trinajstić information content (AvgIpc) is 2.88. The Hall–Kier alpha value is -1.66. The van der Waals surface area contributed by atoms with Crippen molar-refractivity contribution in [3.63, 3.8) is 0 Å². The van der Waals surface area contributed by atoms with Crippen LogP contribution in [0.4, 0.5) is 5.69 Å². The molecule has 2 N–H and O–H groups in total. The third kappa shape index (κ3) is 2.76. The molecule has 0 spiro atoms. The average molecular weight is 294 g/mol. The summed E-state index contributed by atoms with van der Waals surface area (Å²) in [5.41, 5.74) is 7.38. The molecule has 0 saturated carbocycles. The maximum absolute atomic E-state index is 6.00. The van der Waals surface area contributed by atoms with Crippen LogP contribution in [0, 0.1) is 5.92 Å². The van der Waals surface area contributed by atoms with E-state index >= 15 is 0 Å². The summed E-state index contributed by atoms with van der Waals surface area (Å²) in [4.78, 5) is 0. The van der Waals surface area contributed by atoms with Gasteiger partial charge in [0.05, 0.1) is 13.2 Å². The zero-order valence-electron chi connectivity index (χ0n) is 11.0. The normalized spacial score (nSPS) is 19.1. The van der Waals surface area contributed by atoms with Gasteiger partial charge < -0.3 is 10.5 Å². The molecule has 6 nitrogen and oxygen atoms in total. The molecule has 2 aromatic rings. The van der Waals surface area contributed by atoms with E-state index in [9.17, 15) is 0 Å². The summed E-state index contributed by atoms with van der Waals surface area (Å²) in [7, 11) is 0. The van der Waals surface area contributed by atoms with Crippen LogP contribution in [0.15, 0.2) is 18.2 Å². The van der Waals surface area contributed by atoms with E-state index in [-0.39, 0.29) is 0 Å². The van der Waals surface area contributed by atoms with Crippen molar-refractivity contribution in [3.05, 3.63) is 23.2 Å². The summed E-state index contributed by atoms with van der Waals surface area (Å²) < 4.78 is 7.28. The van der Waals surface area contributed by atoms with E-state index in [2.05, 4.69) is 15.5 Å². The molecular weight excluding hydrogens is 278 g/mol. The van der Waals surface area contributed by atoms with Crippen LogP contribution in [0.2, 0.25) is 5.02 Å². The van der Waals surface area contributed by atoms with Crippen LogP contribution >= 0.6 is 11.6 Å². The third-order valence-electron chi connectivity index (χ3n) is 3.47. The quantitative estimate of drug-likeness (QED) is 0.876. The molecule has 1 atom stereocenters. The molecule has 1 fully saturated rings. The van der Waals surface area contributed by atoms with Crippen molar-refractivity contribution in [3.8, 4) is 11.4 Å². The van der Waals surface area contributed by atoms with Gasteiger partial charge in [0.25, 0.3) is 0 Å². The molecule has 1 aromatic carbocycles. The highest BCUT2D eigenvalue weighted by Crippen LogP contribution is 2.27. The fourth-order valence-corrected chi connectivity index (χ4v) is 2.63. The molecule has 1 saturated heterocycles. The highest BCUT2D eigenvalue weighted by atomic mass is 35.5. The molecule has 0 aliphatic carbocycles. The van der Waals surface area contributed by atoms with Gasteiger partial charge in [-0.15, -0.1) is 5.10 Å². The van der Waals surface area contributed by atoms with E-state index in [0.717, 1.165) is 38.2 Å². The molecule has 0 bridgehead atoms. The predicted molar refractivity (Wildman–Crippen MR) is 76.2 cm³/mol. The molecular formula is C13H16ClN5O. The SMILES string of the molecule is Nc1cc(Cl)ccc1-c1nnnn1CC1CCCOC1. The highest BCUT2D eigenvalue weighted by molar-refractivity contribution is 6.31. The molecule has 0 radical (unpaired) electrons. The first kappa shape index (κ1) is 13.3. The van der Waals surface area contributed by atoms with Crippen molar-refractivity contribution >= 4 is 17.3 Å². The summed E-state index contributed by atoms with van der Waals surface area (Å²) in [5.74, 6) is 1.12. The van der Waals surface area contributed by atoms with E-state index in [1.807, 2.05) is 6.07 Å². The van der Waals surface area contributed by atoms with Gasteiger partial charge in [0.1, 0.15) is 0 Å². The minimum absolute atomic E-state index is 0.444. The lowest BCUT2D eigenvalue weighted by Gasteiger charge is -2.22. The number of ether oxygens (including phenoxy) is 1. The largest absolute Gasteiger partial charge is 0.398 e. The lowest BCUT2D eigenvalue weighted by molar-refractivity contribution is 0.0470.